The van der Waals surface area contributed by atoms with E-state index in [0.717, 1.165) is 0 Å². The maximum absolute atomic E-state index is 12.2. The molecule has 2 amide bonds. The molecule has 108 valence electrons. The van der Waals surface area contributed by atoms with Crippen LogP contribution in [0.15, 0.2) is 12.7 Å². The molecule has 6 heteroatoms. The second-order valence-electron chi connectivity index (χ2n) is 4.65. The molecule has 1 N–H and O–H groups in total. The Hall–Kier alpha value is -1.56. The van der Waals surface area contributed by atoms with E-state index in [1.54, 1.807) is 22.8 Å². The van der Waals surface area contributed by atoms with Crippen molar-refractivity contribution in [2.45, 2.75) is 19.9 Å². The molecule has 1 fully saturated rings. The van der Waals surface area contributed by atoms with Gasteiger partial charge in [0.2, 0.25) is 0 Å². The number of hydrogen-bond donors (Lipinski definition) is 1. The van der Waals surface area contributed by atoms with Crippen LogP contribution in [0, 0.1) is 0 Å². The standard InChI is InChI=1S/C13H23N3O3/c1-4-6-14(5-2)13(19)16-9-7-15(8-10-16)11(3)12(17)18/h4,11H,1,5-10H2,2-3H3,(H,17,18). The van der Waals surface area contributed by atoms with Crippen molar-refractivity contribution in [2.24, 2.45) is 0 Å². The number of nitrogens with zero attached hydrogens (tertiary/aromatic N) is 3. The minimum Gasteiger partial charge on any atom is -0.480 e. The number of carbonyl (C=O) groups excluding carboxylic acids is 1. The summed E-state index contributed by atoms with van der Waals surface area (Å²) in [6, 6.07) is -0.488. The molecule has 0 aromatic heterocycles. The lowest BCUT2D eigenvalue weighted by molar-refractivity contribution is -0.143. The van der Waals surface area contributed by atoms with Crippen molar-refractivity contribution < 1.29 is 14.7 Å². The Morgan fingerprint density at radius 1 is 1.37 bits per heavy atom. The van der Waals surface area contributed by atoms with Crippen molar-refractivity contribution in [2.75, 3.05) is 39.3 Å². The monoisotopic (exact) mass is 269 g/mol. The lowest BCUT2D eigenvalue weighted by Crippen LogP contribution is -2.55. The summed E-state index contributed by atoms with van der Waals surface area (Å²) in [5.41, 5.74) is 0. The maximum Gasteiger partial charge on any atom is 0.320 e. The highest BCUT2D eigenvalue weighted by atomic mass is 16.4. The molecule has 1 heterocycles. The van der Waals surface area contributed by atoms with Crippen molar-refractivity contribution in [1.29, 1.82) is 0 Å². The van der Waals surface area contributed by atoms with Crippen LogP contribution in [0.4, 0.5) is 4.79 Å². The van der Waals surface area contributed by atoms with Crippen LogP contribution in [-0.4, -0.2) is 77.1 Å². The van der Waals surface area contributed by atoms with Gasteiger partial charge in [0.15, 0.2) is 0 Å². The molecule has 0 saturated carbocycles. The van der Waals surface area contributed by atoms with E-state index in [-0.39, 0.29) is 6.03 Å². The normalized spacial score (nSPS) is 17.9. The van der Waals surface area contributed by atoms with E-state index in [4.69, 9.17) is 5.11 Å². The van der Waals surface area contributed by atoms with Crippen LogP contribution in [0.25, 0.3) is 0 Å². The number of amides is 2. The van der Waals surface area contributed by atoms with Gasteiger partial charge >= 0.3 is 12.0 Å². The van der Waals surface area contributed by atoms with E-state index >= 15 is 0 Å². The molecule has 1 rings (SSSR count). The molecule has 0 aromatic carbocycles. The van der Waals surface area contributed by atoms with E-state index < -0.39 is 12.0 Å². The molecule has 19 heavy (non-hydrogen) atoms. The van der Waals surface area contributed by atoms with Gasteiger partial charge in [0.1, 0.15) is 6.04 Å². The second kappa shape index (κ2) is 7.13. The lowest BCUT2D eigenvalue weighted by atomic mass is 10.2. The number of carboxylic acid groups (broad SMARTS) is 1. The number of aliphatic carboxylic acids is 1. The van der Waals surface area contributed by atoms with Crippen molar-refractivity contribution in [3.8, 4) is 0 Å². The van der Waals surface area contributed by atoms with E-state index in [2.05, 4.69) is 6.58 Å². The molecule has 0 radical (unpaired) electrons. The fraction of sp³-hybridized carbons (Fsp3) is 0.692. The van der Waals surface area contributed by atoms with Crippen molar-refractivity contribution in [3.63, 3.8) is 0 Å². The van der Waals surface area contributed by atoms with Gasteiger partial charge in [-0.15, -0.1) is 6.58 Å². The first-order chi connectivity index (χ1) is 9.01. The smallest absolute Gasteiger partial charge is 0.320 e. The number of hydrogen-bond acceptors (Lipinski definition) is 3. The molecule has 0 spiro atoms. The minimum absolute atomic E-state index is 0.00466. The highest BCUT2D eigenvalue weighted by Crippen LogP contribution is 2.09. The Balaban J connectivity index is 2.51. The van der Waals surface area contributed by atoms with Gasteiger partial charge in [-0.25, -0.2) is 4.79 Å². The first-order valence-corrected chi connectivity index (χ1v) is 6.62. The summed E-state index contributed by atoms with van der Waals surface area (Å²) in [5.74, 6) is -0.818. The quantitative estimate of drug-likeness (QED) is 0.746. The van der Waals surface area contributed by atoms with Gasteiger partial charge in [0, 0.05) is 39.3 Å². The first kappa shape index (κ1) is 15.5. The summed E-state index contributed by atoms with van der Waals surface area (Å²) in [4.78, 5) is 28.5. The van der Waals surface area contributed by atoms with Gasteiger partial charge in [0.05, 0.1) is 0 Å². The van der Waals surface area contributed by atoms with E-state index in [0.29, 0.717) is 39.3 Å². The third-order valence-electron chi connectivity index (χ3n) is 3.49. The maximum atomic E-state index is 12.2. The Labute approximate surface area is 114 Å². The SMILES string of the molecule is C=CCN(CC)C(=O)N1CCN(C(C)C(=O)O)CC1. The predicted octanol–water partition coefficient (Wildman–Crippen LogP) is 0.705. The third kappa shape index (κ3) is 3.96. The average Bonchev–Trinajstić information content (AvgIpc) is 2.43. The van der Waals surface area contributed by atoms with Crippen LogP contribution in [0.1, 0.15) is 13.8 Å². The number of urea groups is 1. The summed E-state index contributed by atoms with van der Waals surface area (Å²) in [6.45, 7) is 10.8. The van der Waals surface area contributed by atoms with Crippen LogP contribution >= 0.6 is 0 Å². The highest BCUT2D eigenvalue weighted by molar-refractivity contribution is 5.75. The zero-order valence-corrected chi connectivity index (χ0v) is 11.7. The highest BCUT2D eigenvalue weighted by Gasteiger charge is 2.28. The number of piperazine rings is 1. The van der Waals surface area contributed by atoms with Gasteiger partial charge in [-0.2, -0.15) is 0 Å². The second-order valence-corrected chi connectivity index (χ2v) is 4.65. The topological polar surface area (TPSA) is 64.1 Å². The van der Waals surface area contributed by atoms with Crippen molar-refractivity contribution >= 4 is 12.0 Å². The lowest BCUT2D eigenvalue weighted by Gasteiger charge is -2.38. The van der Waals surface area contributed by atoms with E-state index in [9.17, 15) is 9.59 Å². The summed E-state index contributed by atoms with van der Waals surface area (Å²) in [5, 5.41) is 8.96. The first-order valence-electron chi connectivity index (χ1n) is 6.62. The third-order valence-corrected chi connectivity index (χ3v) is 3.49. The molecule has 0 aliphatic carbocycles. The van der Waals surface area contributed by atoms with E-state index in [1.165, 1.54) is 0 Å². The Morgan fingerprint density at radius 3 is 2.37 bits per heavy atom. The molecule has 6 nitrogen and oxygen atoms in total. The summed E-state index contributed by atoms with van der Waals surface area (Å²) in [6.07, 6.45) is 1.71. The molecule has 1 aliphatic rings. The molecule has 1 aliphatic heterocycles. The van der Waals surface area contributed by atoms with Crippen LogP contribution in [0.5, 0.6) is 0 Å². The van der Waals surface area contributed by atoms with Crippen LogP contribution in [0.3, 0.4) is 0 Å². The molecule has 1 saturated heterocycles. The summed E-state index contributed by atoms with van der Waals surface area (Å²) >= 11 is 0. The van der Waals surface area contributed by atoms with Crippen LogP contribution < -0.4 is 0 Å². The van der Waals surface area contributed by atoms with Gasteiger partial charge in [0.25, 0.3) is 0 Å². The molecule has 0 bridgehead atoms. The van der Waals surface area contributed by atoms with Gasteiger partial charge in [-0.3, -0.25) is 9.69 Å². The summed E-state index contributed by atoms with van der Waals surface area (Å²) in [7, 11) is 0. The van der Waals surface area contributed by atoms with Gasteiger partial charge in [-0.05, 0) is 13.8 Å². The zero-order valence-electron chi connectivity index (χ0n) is 11.7. The summed E-state index contributed by atoms with van der Waals surface area (Å²) < 4.78 is 0. The average molecular weight is 269 g/mol. The predicted molar refractivity (Wildman–Crippen MR) is 73.1 cm³/mol. The molecular weight excluding hydrogens is 246 g/mol. The Kier molecular flexibility index (Phi) is 5.82. The van der Waals surface area contributed by atoms with Crippen LogP contribution in [-0.2, 0) is 4.79 Å². The number of carbonyl (C=O) groups is 2. The number of rotatable bonds is 5. The fourth-order valence-corrected chi connectivity index (χ4v) is 2.15. The molecule has 1 atom stereocenters. The van der Waals surface area contributed by atoms with Crippen molar-refractivity contribution in [3.05, 3.63) is 12.7 Å². The van der Waals surface area contributed by atoms with Crippen molar-refractivity contribution in [1.82, 2.24) is 14.7 Å². The molecule has 0 aromatic rings. The zero-order chi connectivity index (χ0) is 14.4. The van der Waals surface area contributed by atoms with Gasteiger partial charge in [-0.1, -0.05) is 6.08 Å². The Morgan fingerprint density at radius 2 is 1.95 bits per heavy atom. The number of likely N-dealkylation sites (N-methyl/N-ethyl adjacent to an activating group) is 1. The fourth-order valence-electron chi connectivity index (χ4n) is 2.15. The van der Waals surface area contributed by atoms with E-state index in [1.807, 2.05) is 11.8 Å². The Bertz CT molecular complexity index is 338. The largest absolute Gasteiger partial charge is 0.480 e. The molecular formula is C13H23N3O3. The van der Waals surface area contributed by atoms with Crippen LogP contribution in [0.2, 0.25) is 0 Å². The number of carboxylic acids is 1. The molecule has 1 unspecified atom stereocenters. The van der Waals surface area contributed by atoms with Gasteiger partial charge < -0.3 is 14.9 Å². The minimum atomic E-state index is -0.818.